The first kappa shape index (κ1) is 13.3. The van der Waals surface area contributed by atoms with Crippen LogP contribution in [0.3, 0.4) is 0 Å². The zero-order valence-electron chi connectivity index (χ0n) is 10.0. The Morgan fingerprint density at radius 2 is 2.06 bits per heavy atom. The van der Waals surface area contributed by atoms with Crippen molar-refractivity contribution in [3.8, 4) is 0 Å². The van der Waals surface area contributed by atoms with Gasteiger partial charge in [-0.3, -0.25) is 4.79 Å². The predicted molar refractivity (Wildman–Crippen MR) is 66.5 cm³/mol. The SMILES string of the molecule is CCc1cc(C(=O)N2CC(O)C(O)C2)cc(Cl)n1. The van der Waals surface area contributed by atoms with Gasteiger partial charge >= 0.3 is 0 Å². The van der Waals surface area contributed by atoms with Crippen molar-refractivity contribution in [3.63, 3.8) is 0 Å². The molecule has 1 aliphatic heterocycles. The van der Waals surface area contributed by atoms with Crippen LogP contribution in [0.4, 0.5) is 0 Å². The molecule has 18 heavy (non-hydrogen) atoms. The van der Waals surface area contributed by atoms with Gasteiger partial charge in [0.2, 0.25) is 0 Å². The summed E-state index contributed by atoms with van der Waals surface area (Å²) < 4.78 is 0. The number of amides is 1. The topological polar surface area (TPSA) is 73.7 Å². The van der Waals surface area contributed by atoms with E-state index in [1.54, 1.807) is 6.07 Å². The molecule has 98 valence electrons. The molecule has 2 atom stereocenters. The van der Waals surface area contributed by atoms with Gasteiger partial charge in [-0.05, 0) is 18.6 Å². The summed E-state index contributed by atoms with van der Waals surface area (Å²) in [5.74, 6) is -0.246. The Morgan fingerprint density at radius 3 is 2.61 bits per heavy atom. The number of nitrogens with zero attached hydrogens (tertiary/aromatic N) is 2. The van der Waals surface area contributed by atoms with E-state index >= 15 is 0 Å². The molecule has 2 unspecified atom stereocenters. The van der Waals surface area contributed by atoms with E-state index in [1.165, 1.54) is 11.0 Å². The van der Waals surface area contributed by atoms with E-state index in [0.29, 0.717) is 12.0 Å². The third-order valence-corrected chi connectivity index (χ3v) is 3.20. The molecule has 0 saturated carbocycles. The van der Waals surface area contributed by atoms with Gasteiger partial charge in [0, 0.05) is 24.3 Å². The average Bonchev–Trinajstić information content (AvgIpc) is 2.68. The molecule has 0 aromatic carbocycles. The number of carbonyl (C=O) groups is 1. The van der Waals surface area contributed by atoms with E-state index in [1.807, 2.05) is 6.92 Å². The van der Waals surface area contributed by atoms with E-state index in [0.717, 1.165) is 5.69 Å². The van der Waals surface area contributed by atoms with Crippen LogP contribution in [0.5, 0.6) is 0 Å². The number of aromatic nitrogens is 1. The highest BCUT2D eigenvalue weighted by atomic mass is 35.5. The smallest absolute Gasteiger partial charge is 0.254 e. The highest BCUT2D eigenvalue weighted by Crippen LogP contribution is 2.17. The number of aryl methyl sites for hydroxylation is 1. The highest BCUT2D eigenvalue weighted by molar-refractivity contribution is 6.29. The van der Waals surface area contributed by atoms with Crippen molar-refractivity contribution in [3.05, 3.63) is 28.5 Å². The molecule has 5 nitrogen and oxygen atoms in total. The largest absolute Gasteiger partial charge is 0.388 e. The number of halogens is 1. The standard InChI is InChI=1S/C12H15ClN2O3/c1-2-8-3-7(4-11(13)14-8)12(18)15-5-9(16)10(17)6-15/h3-4,9-10,16-17H,2,5-6H2,1H3. The maximum atomic E-state index is 12.2. The van der Waals surface area contributed by atoms with E-state index in [4.69, 9.17) is 11.6 Å². The lowest BCUT2D eigenvalue weighted by Gasteiger charge is -2.15. The minimum atomic E-state index is -0.878. The molecule has 1 aromatic heterocycles. The highest BCUT2D eigenvalue weighted by Gasteiger charge is 2.33. The number of carbonyl (C=O) groups excluding carboxylic acids is 1. The maximum Gasteiger partial charge on any atom is 0.254 e. The van der Waals surface area contributed by atoms with Crippen molar-refractivity contribution in [2.24, 2.45) is 0 Å². The zero-order chi connectivity index (χ0) is 13.3. The molecule has 1 saturated heterocycles. The molecule has 6 heteroatoms. The number of aliphatic hydroxyl groups is 2. The van der Waals surface area contributed by atoms with Crippen molar-refractivity contribution >= 4 is 17.5 Å². The normalized spacial score (nSPS) is 23.4. The van der Waals surface area contributed by atoms with Crippen molar-refractivity contribution in [1.82, 2.24) is 9.88 Å². The number of likely N-dealkylation sites (tertiary alicyclic amines) is 1. The molecular weight excluding hydrogens is 256 g/mol. The van der Waals surface area contributed by atoms with Gasteiger partial charge in [0.15, 0.2) is 0 Å². The minimum Gasteiger partial charge on any atom is -0.388 e. The Bertz CT molecular complexity index is 457. The van der Waals surface area contributed by atoms with E-state index in [-0.39, 0.29) is 24.1 Å². The summed E-state index contributed by atoms with van der Waals surface area (Å²) in [5.41, 5.74) is 1.18. The zero-order valence-corrected chi connectivity index (χ0v) is 10.8. The van der Waals surface area contributed by atoms with E-state index in [2.05, 4.69) is 4.98 Å². The number of β-amino-alcohol motifs (C(OH)–C–C–N with tert-alkyl or cyclic N) is 2. The van der Waals surface area contributed by atoms with Gasteiger partial charge in [0.25, 0.3) is 5.91 Å². The summed E-state index contributed by atoms with van der Waals surface area (Å²) in [5, 5.41) is 19.1. The van der Waals surface area contributed by atoms with Gasteiger partial charge in [0.05, 0.1) is 12.2 Å². The van der Waals surface area contributed by atoms with Crippen molar-refractivity contribution in [1.29, 1.82) is 0 Å². The number of aliphatic hydroxyl groups excluding tert-OH is 2. The van der Waals surface area contributed by atoms with Gasteiger partial charge in [-0.2, -0.15) is 0 Å². The molecule has 2 rings (SSSR count). The summed E-state index contributed by atoms with van der Waals surface area (Å²) in [6.07, 6.45) is -1.07. The lowest BCUT2D eigenvalue weighted by molar-refractivity contribution is 0.0572. The summed E-state index contributed by atoms with van der Waals surface area (Å²) in [6.45, 7) is 2.21. The lowest BCUT2D eigenvalue weighted by atomic mass is 10.2. The summed E-state index contributed by atoms with van der Waals surface area (Å²) in [6, 6.07) is 3.19. The molecule has 2 heterocycles. The van der Waals surface area contributed by atoms with Gasteiger partial charge in [0.1, 0.15) is 5.15 Å². The predicted octanol–water partition coefficient (Wildman–Crippen LogP) is 0.475. The average molecular weight is 271 g/mol. The van der Waals surface area contributed by atoms with Crippen LogP contribution in [0.15, 0.2) is 12.1 Å². The second kappa shape index (κ2) is 5.22. The summed E-state index contributed by atoms with van der Waals surface area (Å²) in [4.78, 5) is 17.7. The van der Waals surface area contributed by atoms with Crippen LogP contribution >= 0.6 is 11.6 Å². The number of rotatable bonds is 2. The molecular formula is C12H15ClN2O3. The maximum absolute atomic E-state index is 12.2. The summed E-state index contributed by atoms with van der Waals surface area (Å²) in [7, 11) is 0. The van der Waals surface area contributed by atoms with Crippen LogP contribution in [0.2, 0.25) is 5.15 Å². The Kier molecular flexibility index (Phi) is 3.85. The van der Waals surface area contributed by atoms with E-state index < -0.39 is 12.2 Å². The Labute approximate surface area is 110 Å². The third-order valence-electron chi connectivity index (χ3n) is 3.00. The van der Waals surface area contributed by atoms with Gasteiger partial charge in [-0.1, -0.05) is 18.5 Å². The minimum absolute atomic E-state index is 0.140. The van der Waals surface area contributed by atoms with Crippen molar-refractivity contribution in [2.45, 2.75) is 25.6 Å². The van der Waals surface area contributed by atoms with Crippen molar-refractivity contribution in [2.75, 3.05) is 13.1 Å². The fourth-order valence-electron chi connectivity index (χ4n) is 1.97. The van der Waals surface area contributed by atoms with Crippen LogP contribution in [0.25, 0.3) is 0 Å². The first-order chi connectivity index (χ1) is 8.51. The molecule has 0 radical (unpaired) electrons. The van der Waals surface area contributed by atoms with Crippen molar-refractivity contribution < 1.29 is 15.0 Å². The number of pyridine rings is 1. The van der Waals surface area contributed by atoms with Crippen LogP contribution in [0, 0.1) is 0 Å². The van der Waals surface area contributed by atoms with Gasteiger partial charge in [-0.25, -0.2) is 4.98 Å². The second-order valence-corrected chi connectivity index (χ2v) is 4.76. The van der Waals surface area contributed by atoms with Crippen LogP contribution in [0.1, 0.15) is 23.0 Å². The summed E-state index contributed by atoms with van der Waals surface area (Å²) >= 11 is 5.86. The van der Waals surface area contributed by atoms with Crippen LogP contribution in [-0.4, -0.2) is 51.3 Å². The number of hydrogen-bond donors (Lipinski definition) is 2. The monoisotopic (exact) mass is 270 g/mol. The molecule has 0 aliphatic carbocycles. The van der Waals surface area contributed by atoms with Gasteiger partial charge in [-0.15, -0.1) is 0 Å². The van der Waals surface area contributed by atoms with Gasteiger partial charge < -0.3 is 15.1 Å². The molecule has 0 spiro atoms. The Balaban J connectivity index is 2.21. The quantitative estimate of drug-likeness (QED) is 0.767. The fourth-order valence-corrected chi connectivity index (χ4v) is 2.20. The van der Waals surface area contributed by atoms with Crippen LogP contribution in [-0.2, 0) is 6.42 Å². The molecule has 1 aliphatic rings. The molecule has 1 amide bonds. The number of hydrogen-bond acceptors (Lipinski definition) is 4. The van der Waals surface area contributed by atoms with E-state index in [9.17, 15) is 15.0 Å². The third kappa shape index (κ3) is 2.63. The Morgan fingerprint density at radius 1 is 1.44 bits per heavy atom. The second-order valence-electron chi connectivity index (χ2n) is 4.37. The lowest BCUT2D eigenvalue weighted by Crippen LogP contribution is -2.30. The first-order valence-corrected chi connectivity index (χ1v) is 6.21. The molecule has 0 bridgehead atoms. The molecule has 1 fully saturated rings. The fraction of sp³-hybridized carbons (Fsp3) is 0.500. The molecule has 2 N–H and O–H groups in total. The Hall–Kier alpha value is -1.17. The van der Waals surface area contributed by atoms with Crippen LogP contribution < -0.4 is 0 Å². The first-order valence-electron chi connectivity index (χ1n) is 5.83. The molecule has 1 aromatic rings.